The lowest BCUT2D eigenvalue weighted by atomic mass is 10.1. The number of nitrogens with zero attached hydrogens (tertiary/aromatic N) is 2. The third-order valence-corrected chi connectivity index (χ3v) is 3.36. The van der Waals surface area contributed by atoms with Crippen LogP contribution in [0.3, 0.4) is 0 Å². The summed E-state index contributed by atoms with van der Waals surface area (Å²) in [4.78, 5) is 30.5. The molecule has 0 atom stereocenters. The Balaban J connectivity index is 2.14. The number of anilines is 2. The van der Waals surface area contributed by atoms with Crippen molar-refractivity contribution in [1.29, 1.82) is 0 Å². The van der Waals surface area contributed by atoms with Crippen LogP contribution < -0.4 is 16.4 Å². The summed E-state index contributed by atoms with van der Waals surface area (Å²) in [6, 6.07) is 3.24. The molecule has 0 saturated heterocycles. The van der Waals surface area contributed by atoms with Crippen LogP contribution in [0, 0.1) is 6.92 Å². The van der Waals surface area contributed by atoms with Gasteiger partial charge in [0.15, 0.2) is 5.76 Å². The van der Waals surface area contributed by atoms with E-state index < -0.39 is 5.97 Å². The van der Waals surface area contributed by atoms with Gasteiger partial charge in [-0.3, -0.25) is 9.59 Å². The first-order chi connectivity index (χ1) is 11.4. The Morgan fingerprint density at radius 1 is 1.33 bits per heavy atom. The largest absolute Gasteiger partial charge is 0.481 e. The van der Waals surface area contributed by atoms with Crippen molar-refractivity contribution in [2.75, 3.05) is 18.1 Å². The van der Waals surface area contributed by atoms with Crippen molar-refractivity contribution in [1.82, 2.24) is 15.3 Å². The Morgan fingerprint density at radius 2 is 2.08 bits per heavy atom. The molecule has 9 nitrogen and oxygen atoms in total. The summed E-state index contributed by atoms with van der Waals surface area (Å²) in [6.07, 6.45) is 0.246. The van der Waals surface area contributed by atoms with E-state index in [1.807, 2.05) is 0 Å². The van der Waals surface area contributed by atoms with Crippen LogP contribution in [-0.4, -0.2) is 34.0 Å². The highest BCUT2D eigenvalue weighted by Crippen LogP contribution is 2.20. The number of nitrogen functional groups attached to an aromatic ring is 1. The fourth-order valence-electron chi connectivity index (χ4n) is 2.18. The van der Waals surface area contributed by atoms with E-state index in [0.29, 0.717) is 22.8 Å². The van der Waals surface area contributed by atoms with E-state index in [9.17, 15) is 9.59 Å². The Hall–Kier alpha value is -3.10. The second-order valence-electron chi connectivity index (χ2n) is 5.09. The molecule has 0 unspecified atom stereocenters. The number of hydrogen-bond acceptors (Lipinski definition) is 7. The lowest BCUT2D eigenvalue weighted by molar-refractivity contribution is -0.136. The highest BCUT2D eigenvalue weighted by Gasteiger charge is 2.14. The van der Waals surface area contributed by atoms with Crippen LogP contribution in [0.2, 0.25) is 0 Å². The number of aromatic nitrogens is 2. The van der Waals surface area contributed by atoms with Crippen molar-refractivity contribution in [3.63, 3.8) is 0 Å². The summed E-state index contributed by atoms with van der Waals surface area (Å²) in [6.45, 7) is 2.02. The molecule has 9 heteroatoms. The molecular weight excluding hydrogens is 314 g/mol. The normalized spacial score (nSPS) is 10.4. The molecule has 2 heterocycles. The Labute approximate surface area is 138 Å². The second kappa shape index (κ2) is 7.44. The Bertz CT molecular complexity index is 756. The monoisotopic (exact) mass is 333 g/mol. The van der Waals surface area contributed by atoms with Gasteiger partial charge in [0.2, 0.25) is 5.95 Å². The zero-order valence-corrected chi connectivity index (χ0v) is 13.4. The van der Waals surface area contributed by atoms with Crippen molar-refractivity contribution < 1.29 is 19.1 Å². The van der Waals surface area contributed by atoms with Gasteiger partial charge in [0.05, 0.1) is 6.54 Å². The van der Waals surface area contributed by atoms with Gasteiger partial charge in [-0.1, -0.05) is 0 Å². The van der Waals surface area contributed by atoms with E-state index in [4.69, 9.17) is 15.3 Å². The maximum absolute atomic E-state index is 11.5. The average molecular weight is 333 g/mol. The van der Waals surface area contributed by atoms with Gasteiger partial charge in [-0.05, 0) is 25.5 Å². The van der Waals surface area contributed by atoms with E-state index in [1.54, 1.807) is 19.1 Å². The lowest BCUT2D eigenvalue weighted by Crippen LogP contribution is -2.16. The van der Waals surface area contributed by atoms with Crippen LogP contribution >= 0.6 is 0 Å². The second-order valence-corrected chi connectivity index (χ2v) is 5.09. The third-order valence-electron chi connectivity index (χ3n) is 3.36. The van der Waals surface area contributed by atoms with Gasteiger partial charge in [-0.2, -0.15) is 4.98 Å². The molecule has 128 valence electrons. The summed E-state index contributed by atoms with van der Waals surface area (Å²) in [5.74, 6) is 0.0778. The molecule has 5 N–H and O–H groups in total. The van der Waals surface area contributed by atoms with Gasteiger partial charge in [-0.15, -0.1) is 0 Å². The van der Waals surface area contributed by atoms with Gasteiger partial charge in [0.25, 0.3) is 5.91 Å². The van der Waals surface area contributed by atoms with Crippen LogP contribution in [0.15, 0.2) is 16.5 Å². The number of amides is 1. The molecule has 2 aromatic heterocycles. The first-order valence-corrected chi connectivity index (χ1v) is 7.30. The summed E-state index contributed by atoms with van der Waals surface area (Å²) < 4.78 is 5.41. The number of nitrogens with two attached hydrogens (primary N) is 1. The third kappa shape index (κ3) is 4.22. The number of hydrogen-bond donors (Lipinski definition) is 4. The molecule has 0 aliphatic carbocycles. The molecule has 2 aromatic rings. The number of aliphatic carboxylic acids is 1. The van der Waals surface area contributed by atoms with Crippen molar-refractivity contribution in [2.24, 2.45) is 0 Å². The standard InChI is InChI=1S/C15H19N5O4/c1-8-10(4-6-12(21)22)13(20-15(16)19-8)18-7-9-3-5-11(24-9)14(23)17-2/h3,5H,4,6-7H2,1-2H3,(H,17,23)(H,21,22)(H3,16,18,19,20). The minimum Gasteiger partial charge on any atom is -0.481 e. The predicted octanol–water partition coefficient (Wildman–Crippen LogP) is 0.949. The van der Waals surface area contributed by atoms with Gasteiger partial charge < -0.3 is 25.9 Å². The maximum atomic E-state index is 11.5. The molecule has 0 aliphatic rings. The molecule has 0 radical (unpaired) electrons. The zero-order valence-electron chi connectivity index (χ0n) is 13.4. The van der Waals surface area contributed by atoms with E-state index in [-0.39, 0.29) is 37.0 Å². The molecule has 0 saturated carbocycles. The summed E-state index contributed by atoms with van der Waals surface area (Å²) in [5.41, 5.74) is 6.97. The van der Waals surface area contributed by atoms with Crippen LogP contribution in [0.4, 0.5) is 11.8 Å². The number of aryl methyl sites for hydroxylation is 1. The Kier molecular flexibility index (Phi) is 5.35. The van der Waals surface area contributed by atoms with Crippen LogP contribution in [0.25, 0.3) is 0 Å². The highest BCUT2D eigenvalue weighted by atomic mass is 16.4. The number of carbonyl (C=O) groups is 2. The van der Waals surface area contributed by atoms with E-state index in [0.717, 1.165) is 0 Å². The smallest absolute Gasteiger partial charge is 0.303 e. The minimum absolute atomic E-state index is 0.0373. The van der Waals surface area contributed by atoms with Gasteiger partial charge in [0.1, 0.15) is 11.6 Å². The SMILES string of the molecule is CNC(=O)c1ccc(CNc2nc(N)nc(C)c2CCC(=O)O)o1. The number of carboxylic acids is 1. The predicted molar refractivity (Wildman–Crippen MR) is 86.6 cm³/mol. The summed E-state index contributed by atoms with van der Waals surface area (Å²) in [7, 11) is 1.52. The molecule has 0 spiro atoms. The Morgan fingerprint density at radius 3 is 2.75 bits per heavy atom. The lowest BCUT2D eigenvalue weighted by Gasteiger charge is -2.12. The zero-order chi connectivity index (χ0) is 17.7. The fourth-order valence-corrected chi connectivity index (χ4v) is 2.18. The maximum Gasteiger partial charge on any atom is 0.303 e. The number of furan rings is 1. The first-order valence-electron chi connectivity index (χ1n) is 7.30. The van der Waals surface area contributed by atoms with E-state index in [1.165, 1.54) is 7.05 Å². The molecule has 0 fully saturated rings. The van der Waals surface area contributed by atoms with Crippen molar-refractivity contribution in [3.8, 4) is 0 Å². The molecule has 1 amide bonds. The van der Waals surface area contributed by atoms with Crippen molar-refractivity contribution in [3.05, 3.63) is 34.9 Å². The average Bonchev–Trinajstić information content (AvgIpc) is 2.99. The number of rotatable bonds is 7. The summed E-state index contributed by atoms with van der Waals surface area (Å²) in [5, 5.41) is 14.4. The van der Waals surface area contributed by atoms with Crippen LogP contribution in [-0.2, 0) is 17.8 Å². The quantitative estimate of drug-likeness (QED) is 0.586. The molecule has 2 rings (SSSR count). The topological polar surface area (TPSA) is 143 Å². The molecular formula is C15H19N5O4. The van der Waals surface area contributed by atoms with Gasteiger partial charge >= 0.3 is 5.97 Å². The molecule has 0 aliphatic heterocycles. The van der Waals surface area contributed by atoms with E-state index >= 15 is 0 Å². The molecule has 24 heavy (non-hydrogen) atoms. The van der Waals surface area contributed by atoms with Gasteiger partial charge in [0, 0.05) is 24.7 Å². The number of carboxylic acid groups (broad SMARTS) is 1. The van der Waals surface area contributed by atoms with Crippen molar-refractivity contribution in [2.45, 2.75) is 26.3 Å². The molecule has 0 bridgehead atoms. The number of nitrogens with one attached hydrogen (secondary N) is 2. The van der Waals surface area contributed by atoms with E-state index in [2.05, 4.69) is 20.6 Å². The van der Waals surface area contributed by atoms with Crippen molar-refractivity contribution >= 4 is 23.6 Å². The number of carbonyl (C=O) groups excluding carboxylic acids is 1. The fraction of sp³-hybridized carbons (Fsp3) is 0.333. The highest BCUT2D eigenvalue weighted by molar-refractivity contribution is 5.91. The first kappa shape index (κ1) is 17.3. The molecule has 0 aromatic carbocycles. The summed E-state index contributed by atoms with van der Waals surface area (Å²) >= 11 is 0. The van der Waals surface area contributed by atoms with Crippen LogP contribution in [0.1, 0.15) is 34.0 Å². The van der Waals surface area contributed by atoms with Crippen LogP contribution in [0.5, 0.6) is 0 Å². The van der Waals surface area contributed by atoms with Gasteiger partial charge in [-0.25, -0.2) is 4.98 Å². The minimum atomic E-state index is -0.904.